The molecule has 8 nitrogen and oxygen atoms in total. The summed E-state index contributed by atoms with van der Waals surface area (Å²) in [5, 5.41) is 10.9. The first-order valence-corrected chi connectivity index (χ1v) is 10.6. The van der Waals surface area contributed by atoms with Crippen LogP contribution in [-0.2, 0) is 14.6 Å². The zero-order chi connectivity index (χ0) is 22.9. The van der Waals surface area contributed by atoms with Crippen molar-refractivity contribution in [2.75, 3.05) is 11.9 Å². The van der Waals surface area contributed by atoms with E-state index in [1.807, 2.05) is 0 Å². The number of halogens is 4. The molecule has 164 valence electrons. The zero-order valence-electron chi connectivity index (χ0n) is 15.0. The number of nitrogens with two attached hydrogens (primary N) is 1. The van der Waals surface area contributed by atoms with Crippen molar-refractivity contribution < 1.29 is 41.0 Å². The number of carbonyl (C=O) groups is 2. The lowest BCUT2D eigenvalue weighted by Gasteiger charge is -2.13. The molecule has 0 saturated carbocycles. The number of benzene rings is 1. The van der Waals surface area contributed by atoms with Crippen LogP contribution in [0.3, 0.4) is 0 Å². The van der Waals surface area contributed by atoms with Crippen molar-refractivity contribution in [2.24, 2.45) is 11.7 Å². The number of aliphatic hydroxyl groups excluding tert-OH is 1. The highest BCUT2D eigenvalue weighted by molar-refractivity contribution is 7.93. The molecule has 1 aromatic heterocycles. The molecule has 0 bridgehead atoms. The molecule has 1 aromatic carbocycles. The van der Waals surface area contributed by atoms with E-state index in [-0.39, 0.29) is 15.6 Å². The number of hydrogen-bond acceptors (Lipinski definition) is 7. The maximum atomic E-state index is 12.9. The van der Waals surface area contributed by atoms with E-state index >= 15 is 0 Å². The molecule has 2 aromatic rings. The molecule has 0 aliphatic rings. The lowest BCUT2D eigenvalue weighted by atomic mass is 10.2. The number of alkyl halides is 3. The van der Waals surface area contributed by atoms with Gasteiger partial charge >= 0.3 is 6.36 Å². The lowest BCUT2D eigenvalue weighted by Crippen LogP contribution is -2.24. The molecule has 0 spiro atoms. The van der Waals surface area contributed by atoms with Gasteiger partial charge < -0.3 is 20.9 Å². The van der Waals surface area contributed by atoms with Crippen LogP contribution in [0, 0.1) is 5.92 Å². The van der Waals surface area contributed by atoms with Gasteiger partial charge in [-0.1, -0.05) is 18.5 Å². The van der Waals surface area contributed by atoms with E-state index in [2.05, 4.69) is 10.1 Å². The predicted molar refractivity (Wildman–Crippen MR) is 101 cm³/mol. The van der Waals surface area contributed by atoms with E-state index in [0.29, 0.717) is 17.4 Å². The van der Waals surface area contributed by atoms with Crippen molar-refractivity contribution in [2.45, 2.75) is 22.4 Å². The Morgan fingerprint density at radius 2 is 1.97 bits per heavy atom. The van der Waals surface area contributed by atoms with Crippen molar-refractivity contribution in [3.8, 4) is 5.75 Å². The van der Waals surface area contributed by atoms with Gasteiger partial charge in [-0.2, -0.15) is 0 Å². The van der Waals surface area contributed by atoms with Crippen molar-refractivity contribution in [3.05, 3.63) is 34.9 Å². The normalized spacial score (nSPS) is 13.0. The Labute approximate surface area is 177 Å². The maximum absolute atomic E-state index is 12.9. The van der Waals surface area contributed by atoms with Crippen molar-refractivity contribution in [1.82, 2.24) is 0 Å². The van der Waals surface area contributed by atoms with Crippen LogP contribution in [-0.4, -0.2) is 38.3 Å². The topological polar surface area (TPSA) is 136 Å². The van der Waals surface area contributed by atoms with Gasteiger partial charge in [0.15, 0.2) is 0 Å². The number of primary amides is 1. The van der Waals surface area contributed by atoms with Gasteiger partial charge in [-0.25, -0.2) is 8.42 Å². The Morgan fingerprint density at radius 1 is 1.33 bits per heavy atom. The van der Waals surface area contributed by atoms with Crippen LogP contribution in [0.1, 0.15) is 17.3 Å². The van der Waals surface area contributed by atoms with Crippen LogP contribution in [0.4, 0.5) is 18.2 Å². The van der Waals surface area contributed by atoms with Crippen LogP contribution in [0.25, 0.3) is 0 Å². The first-order valence-electron chi connectivity index (χ1n) is 7.92. The van der Waals surface area contributed by atoms with Gasteiger partial charge in [-0.05, 0) is 18.2 Å². The second-order valence-corrected chi connectivity index (χ2v) is 9.52. The van der Waals surface area contributed by atoms with Crippen molar-refractivity contribution >= 4 is 49.6 Å². The highest BCUT2D eigenvalue weighted by Gasteiger charge is 2.35. The summed E-state index contributed by atoms with van der Waals surface area (Å²) in [6.45, 7) is 0.857. The van der Waals surface area contributed by atoms with E-state index in [9.17, 15) is 31.2 Å². The molecule has 30 heavy (non-hydrogen) atoms. The summed E-state index contributed by atoms with van der Waals surface area (Å²) in [6, 6.07) is 3.37. The molecule has 1 heterocycles. The van der Waals surface area contributed by atoms with Crippen LogP contribution in [0.5, 0.6) is 5.75 Å². The Kier molecular flexibility index (Phi) is 7.01. The van der Waals surface area contributed by atoms with Gasteiger partial charge in [0.05, 0.1) is 18.1 Å². The first kappa shape index (κ1) is 23.9. The average molecular weight is 487 g/mol. The fourth-order valence-electron chi connectivity index (χ4n) is 2.11. The predicted octanol–water partition coefficient (Wildman–Crippen LogP) is 2.80. The summed E-state index contributed by atoms with van der Waals surface area (Å²) < 4.78 is 67.1. The summed E-state index contributed by atoms with van der Waals surface area (Å²) in [5.74, 6) is -3.75. The highest BCUT2D eigenvalue weighted by atomic mass is 35.5. The third-order valence-electron chi connectivity index (χ3n) is 3.62. The molecule has 2 amide bonds. The van der Waals surface area contributed by atoms with Gasteiger partial charge in [0.2, 0.25) is 15.7 Å². The zero-order valence-corrected chi connectivity index (χ0v) is 17.4. The standard InChI is InChI=1S/C16H14ClF3N2O6S2/c1-7(6-23)14(25)22-15-9(13(21)24)5-12(29-15)30(26,27)11-3-2-8(17)4-10(11)28-16(18,19)20/h2-5,7,23H,6H2,1H3,(H2,21,24)(H,22,25). The smallest absolute Gasteiger partial charge is 0.404 e. The fraction of sp³-hybridized carbons (Fsp3) is 0.250. The molecule has 1 unspecified atom stereocenters. The molecule has 0 saturated heterocycles. The van der Waals surface area contributed by atoms with E-state index in [0.717, 1.165) is 18.2 Å². The van der Waals surface area contributed by atoms with Crippen LogP contribution >= 0.6 is 22.9 Å². The molecule has 0 aliphatic heterocycles. The van der Waals surface area contributed by atoms with Crippen molar-refractivity contribution in [1.29, 1.82) is 0 Å². The number of hydrogen-bond donors (Lipinski definition) is 3. The van der Waals surface area contributed by atoms with Gasteiger partial charge in [-0.3, -0.25) is 9.59 Å². The minimum absolute atomic E-state index is 0.205. The molecule has 1 atom stereocenters. The summed E-state index contributed by atoms with van der Waals surface area (Å²) in [7, 11) is -4.63. The molecular weight excluding hydrogens is 473 g/mol. The third-order valence-corrected chi connectivity index (χ3v) is 7.17. The summed E-state index contributed by atoms with van der Waals surface area (Å²) in [5.41, 5.74) is 4.84. The van der Waals surface area contributed by atoms with E-state index in [1.165, 1.54) is 6.92 Å². The van der Waals surface area contributed by atoms with Crippen LogP contribution in [0.15, 0.2) is 33.4 Å². The SMILES string of the molecule is CC(CO)C(=O)Nc1sc(S(=O)(=O)c2ccc(Cl)cc2OC(F)(F)F)cc1C(N)=O. The monoisotopic (exact) mass is 486 g/mol. The number of rotatable bonds is 7. The largest absolute Gasteiger partial charge is 0.573 e. The average Bonchev–Trinajstić information content (AvgIpc) is 3.04. The quantitative estimate of drug-likeness (QED) is 0.550. The molecule has 0 fully saturated rings. The fourth-order valence-corrected chi connectivity index (χ4v) is 5.13. The van der Waals surface area contributed by atoms with E-state index < -0.39 is 55.4 Å². The second kappa shape index (κ2) is 8.79. The molecule has 14 heteroatoms. The third kappa shape index (κ3) is 5.41. The summed E-state index contributed by atoms with van der Waals surface area (Å²) >= 11 is 6.05. The van der Waals surface area contributed by atoms with Crippen LogP contribution in [0.2, 0.25) is 5.02 Å². The Morgan fingerprint density at radius 3 is 2.50 bits per heavy atom. The number of thiophene rings is 1. The Bertz CT molecular complexity index is 1090. The number of aliphatic hydroxyl groups is 1. The summed E-state index contributed by atoms with van der Waals surface area (Å²) in [6.07, 6.45) is -5.19. The molecule has 4 N–H and O–H groups in total. The maximum Gasteiger partial charge on any atom is 0.573 e. The summed E-state index contributed by atoms with van der Waals surface area (Å²) in [4.78, 5) is 22.8. The number of sulfone groups is 1. The van der Waals surface area contributed by atoms with Gasteiger partial charge in [-0.15, -0.1) is 24.5 Å². The second-order valence-electron chi connectivity index (χ2n) is 5.89. The molecule has 2 rings (SSSR count). The highest BCUT2D eigenvalue weighted by Crippen LogP contribution is 2.39. The Balaban J connectivity index is 2.57. The number of amides is 2. The van der Waals surface area contributed by atoms with Gasteiger partial charge in [0, 0.05) is 11.1 Å². The molecule has 0 aliphatic carbocycles. The molecule has 0 radical (unpaired) electrons. The van der Waals surface area contributed by atoms with Gasteiger partial charge in [0.25, 0.3) is 5.91 Å². The van der Waals surface area contributed by atoms with Crippen LogP contribution < -0.4 is 15.8 Å². The van der Waals surface area contributed by atoms with E-state index in [1.54, 1.807) is 0 Å². The minimum Gasteiger partial charge on any atom is -0.404 e. The number of anilines is 1. The number of nitrogens with one attached hydrogen (secondary N) is 1. The lowest BCUT2D eigenvalue weighted by molar-refractivity contribution is -0.275. The molecular formula is C16H14ClF3N2O6S2. The first-order chi connectivity index (χ1) is 13.8. The van der Waals surface area contributed by atoms with Crippen molar-refractivity contribution in [3.63, 3.8) is 0 Å². The number of ether oxygens (including phenoxy) is 1. The number of carbonyl (C=O) groups excluding carboxylic acids is 2. The minimum atomic E-state index is -5.19. The van der Waals surface area contributed by atoms with E-state index in [4.69, 9.17) is 22.4 Å². The van der Waals surface area contributed by atoms with Gasteiger partial charge in [0.1, 0.15) is 19.9 Å². The Hall–Kier alpha value is -2.35.